The van der Waals surface area contributed by atoms with Crippen LogP contribution >= 0.6 is 0 Å². The lowest BCUT2D eigenvalue weighted by Crippen LogP contribution is -2.55. The zero-order chi connectivity index (χ0) is 43.6. The number of aromatic nitrogens is 2. The Morgan fingerprint density at radius 3 is 1.48 bits per heavy atom. The van der Waals surface area contributed by atoms with Gasteiger partial charge in [-0.3, -0.25) is 24.4 Å². The number of nitrogens with zero attached hydrogens (tertiary/aromatic N) is 7. The van der Waals surface area contributed by atoms with Crippen molar-refractivity contribution >= 4 is 40.8 Å². The maximum Gasteiger partial charge on any atom is 0.573 e. The normalized spacial score (nSPS) is 19.3. The maximum atomic E-state index is 15.0. The molecule has 0 saturated carbocycles. The summed E-state index contributed by atoms with van der Waals surface area (Å²) in [5.74, 6) is -3.38. The summed E-state index contributed by atoms with van der Waals surface area (Å²) in [6, 6.07) is 30.2. The number of hydrogen-bond donors (Lipinski definition) is 1. The van der Waals surface area contributed by atoms with Crippen LogP contribution in [0.4, 0.5) is 35.0 Å². The fraction of sp³-hybridized carbons (Fsp3) is 0.304. The summed E-state index contributed by atoms with van der Waals surface area (Å²) in [6.45, 7) is 7.94. The largest absolute Gasteiger partial charge is 0.573 e. The van der Waals surface area contributed by atoms with Crippen molar-refractivity contribution in [2.75, 3.05) is 67.1 Å². The monoisotopic (exact) mass is 846 g/mol. The van der Waals surface area contributed by atoms with E-state index in [1.165, 1.54) is 24.5 Å². The molecule has 2 atom stereocenters. The van der Waals surface area contributed by atoms with Gasteiger partial charge in [0.05, 0.1) is 5.69 Å². The molecule has 0 aliphatic carbocycles. The van der Waals surface area contributed by atoms with Crippen molar-refractivity contribution in [3.8, 4) is 5.75 Å². The number of urea groups is 1. The minimum absolute atomic E-state index is 0.0174. The van der Waals surface area contributed by atoms with Gasteiger partial charge in [-0.15, -0.1) is 13.2 Å². The third kappa shape index (κ3) is 8.36. The van der Waals surface area contributed by atoms with Gasteiger partial charge in [-0.05, 0) is 83.9 Å². The second-order valence-corrected chi connectivity index (χ2v) is 15.6. The average Bonchev–Trinajstić information content (AvgIpc) is 3.58. The van der Waals surface area contributed by atoms with Crippen molar-refractivity contribution in [2.24, 2.45) is 0 Å². The smallest absolute Gasteiger partial charge is 0.406 e. The van der Waals surface area contributed by atoms with E-state index in [9.17, 15) is 27.6 Å². The van der Waals surface area contributed by atoms with Crippen LogP contribution in [0.15, 0.2) is 122 Å². The number of carbonyl (C=O) groups excluding carboxylic acids is 4. The molecule has 0 radical (unpaired) electrons. The molecule has 1 N–H and O–H groups in total. The first-order valence-electron chi connectivity index (χ1n) is 20.5. The van der Waals surface area contributed by atoms with E-state index < -0.39 is 41.4 Å². The number of pyridine rings is 2. The van der Waals surface area contributed by atoms with Crippen molar-refractivity contribution in [1.82, 2.24) is 25.1 Å². The molecule has 2 aromatic heterocycles. The maximum absolute atomic E-state index is 15.0. The molecule has 8 rings (SSSR count). The van der Waals surface area contributed by atoms with Gasteiger partial charge in [0.15, 0.2) is 0 Å². The molecule has 3 aromatic carbocycles. The second-order valence-electron chi connectivity index (χ2n) is 15.6. The highest BCUT2D eigenvalue weighted by atomic mass is 19.4. The number of alkyl halides is 3. The Kier molecular flexibility index (Phi) is 11.6. The number of benzene rings is 3. The minimum Gasteiger partial charge on any atom is -0.406 e. The van der Waals surface area contributed by atoms with Crippen molar-refractivity contribution < 1.29 is 37.1 Å². The number of piperazine rings is 2. The molecule has 0 spiro atoms. The highest BCUT2D eigenvalue weighted by molar-refractivity contribution is 6.24. The van der Waals surface area contributed by atoms with E-state index in [0.29, 0.717) is 63.5 Å². The molecular weight excluding hydrogens is 802 g/mol. The van der Waals surface area contributed by atoms with E-state index in [4.69, 9.17) is 0 Å². The molecule has 5 amide bonds. The number of halogens is 3. The molecule has 5 aromatic rings. The molecule has 3 saturated heterocycles. The highest BCUT2D eigenvalue weighted by Gasteiger charge is 2.59. The molecule has 2 unspecified atom stereocenters. The Balaban J connectivity index is 1.08. The quantitative estimate of drug-likeness (QED) is 0.153. The van der Waals surface area contributed by atoms with Gasteiger partial charge in [-0.2, -0.15) is 0 Å². The first-order valence-corrected chi connectivity index (χ1v) is 20.5. The van der Waals surface area contributed by atoms with Gasteiger partial charge in [-0.25, -0.2) is 9.69 Å². The zero-order valence-electron chi connectivity index (χ0n) is 34.2. The van der Waals surface area contributed by atoms with Gasteiger partial charge in [0, 0.05) is 88.0 Å². The molecule has 3 fully saturated rings. The molecule has 0 bridgehead atoms. The van der Waals surface area contributed by atoms with Crippen LogP contribution in [0.25, 0.3) is 0 Å². The lowest BCUT2D eigenvalue weighted by molar-refractivity contribution is -0.274. The Morgan fingerprint density at radius 2 is 1.06 bits per heavy atom. The fourth-order valence-electron chi connectivity index (χ4n) is 8.69. The molecular formula is C46H45F3N8O5. The standard InChI is InChI=1S/C46H45F3N8O5/c1-31(33-17-19-50-39(29-33)41(58)55-25-21-53(22-26-55)35-9-5-3-6-10-35)45(43(60)57(44(61)52-45)37-13-15-38(16-14-37)62-46(47,48)49)32(2)34-18-20-51-40(30-34)42(59)56-27-23-54(24-28-56)36-11-7-4-8-12-36/h3-20,29-32H,21-28H2,1-2H3,(H,52,61). The topological polar surface area (TPSA) is 132 Å². The first kappa shape index (κ1) is 41.8. The summed E-state index contributed by atoms with van der Waals surface area (Å²) in [5.41, 5.74) is 1.83. The van der Waals surface area contributed by atoms with Gasteiger partial charge < -0.3 is 29.7 Å². The van der Waals surface area contributed by atoms with Gasteiger partial charge >= 0.3 is 12.4 Å². The average molecular weight is 847 g/mol. The summed E-state index contributed by atoms with van der Waals surface area (Å²) < 4.78 is 43.0. The predicted octanol–water partition coefficient (Wildman–Crippen LogP) is 6.70. The van der Waals surface area contributed by atoms with Crippen LogP contribution in [0.2, 0.25) is 0 Å². The van der Waals surface area contributed by atoms with Crippen LogP contribution in [-0.2, 0) is 4.79 Å². The summed E-state index contributed by atoms with van der Waals surface area (Å²) in [5, 5.41) is 2.96. The lowest BCUT2D eigenvalue weighted by atomic mass is 9.69. The van der Waals surface area contributed by atoms with E-state index in [-0.39, 0.29) is 28.9 Å². The van der Waals surface area contributed by atoms with E-state index in [2.05, 4.69) is 29.8 Å². The van der Waals surface area contributed by atoms with Crippen molar-refractivity contribution in [3.05, 3.63) is 144 Å². The number of anilines is 3. The van der Waals surface area contributed by atoms with Gasteiger partial charge in [0.2, 0.25) is 0 Å². The zero-order valence-corrected chi connectivity index (χ0v) is 34.2. The van der Waals surface area contributed by atoms with Crippen LogP contribution in [0.1, 0.15) is 57.8 Å². The fourth-order valence-corrected chi connectivity index (χ4v) is 8.69. The van der Waals surface area contributed by atoms with E-state index in [0.717, 1.165) is 28.4 Å². The number of amides is 5. The molecule has 16 heteroatoms. The summed E-state index contributed by atoms with van der Waals surface area (Å²) in [4.78, 5) is 74.6. The third-order valence-corrected chi connectivity index (χ3v) is 12.2. The Labute approximate surface area is 356 Å². The first-order chi connectivity index (χ1) is 29.8. The SMILES string of the molecule is CC(c1ccnc(C(=O)N2CCN(c3ccccc3)CC2)c1)C1(C(C)c2ccnc(C(=O)N3CCN(c4ccccc4)CC3)c2)NC(=O)N(c2ccc(OC(F)(F)F)cc2)C1=O. The van der Waals surface area contributed by atoms with Crippen LogP contribution in [0, 0.1) is 0 Å². The molecule has 5 heterocycles. The second kappa shape index (κ2) is 17.2. The number of ether oxygens (including phenoxy) is 1. The lowest BCUT2D eigenvalue weighted by Gasteiger charge is -2.39. The summed E-state index contributed by atoms with van der Waals surface area (Å²) >= 11 is 0. The van der Waals surface area contributed by atoms with Crippen LogP contribution in [0.5, 0.6) is 5.75 Å². The highest BCUT2D eigenvalue weighted by Crippen LogP contribution is 2.45. The number of hydrogen-bond acceptors (Lipinski definition) is 9. The number of rotatable bonds is 10. The van der Waals surface area contributed by atoms with Gasteiger partial charge in [0.25, 0.3) is 17.7 Å². The van der Waals surface area contributed by atoms with Gasteiger partial charge in [-0.1, -0.05) is 50.2 Å². The number of para-hydroxylation sites is 2. The van der Waals surface area contributed by atoms with Crippen LogP contribution < -0.4 is 24.8 Å². The van der Waals surface area contributed by atoms with Crippen LogP contribution in [-0.4, -0.2) is 108 Å². The summed E-state index contributed by atoms with van der Waals surface area (Å²) in [6.07, 6.45) is -1.95. The van der Waals surface area contributed by atoms with Gasteiger partial charge in [0.1, 0.15) is 22.7 Å². The Hall–Kier alpha value is -6.97. The number of nitrogens with one attached hydrogen (secondary N) is 1. The van der Waals surface area contributed by atoms with Crippen molar-refractivity contribution in [2.45, 2.75) is 37.6 Å². The number of carbonyl (C=O) groups is 4. The van der Waals surface area contributed by atoms with E-state index in [1.807, 2.05) is 60.7 Å². The summed E-state index contributed by atoms with van der Waals surface area (Å²) in [7, 11) is 0. The molecule has 13 nitrogen and oxygen atoms in total. The number of imide groups is 1. The Morgan fingerprint density at radius 1 is 0.629 bits per heavy atom. The minimum atomic E-state index is -4.94. The molecule has 3 aliphatic heterocycles. The van der Waals surface area contributed by atoms with E-state index >= 15 is 4.79 Å². The van der Waals surface area contributed by atoms with E-state index in [1.54, 1.807) is 47.9 Å². The van der Waals surface area contributed by atoms with Crippen LogP contribution in [0.3, 0.4) is 0 Å². The molecule has 62 heavy (non-hydrogen) atoms. The van der Waals surface area contributed by atoms with Crippen molar-refractivity contribution in [3.63, 3.8) is 0 Å². The molecule has 3 aliphatic rings. The molecule has 320 valence electrons. The van der Waals surface area contributed by atoms with Crippen molar-refractivity contribution in [1.29, 1.82) is 0 Å². The Bertz CT molecular complexity index is 2300. The third-order valence-electron chi connectivity index (χ3n) is 12.2. The predicted molar refractivity (Wildman–Crippen MR) is 226 cm³/mol.